The average molecular weight is 322 g/mol. The second kappa shape index (κ2) is 6.23. The van der Waals surface area contributed by atoms with E-state index < -0.39 is 5.82 Å². The number of amides is 1. The van der Waals surface area contributed by atoms with Crippen molar-refractivity contribution < 1.29 is 18.7 Å². The number of carbonyl (C=O) groups is 1. The first-order valence-corrected chi connectivity index (χ1v) is 7.13. The topological polar surface area (TPSA) is 47.6 Å². The summed E-state index contributed by atoms with van der Waals surface area (Å²) in [5, 5.41) is 2.88. The van der Waals surface area contributed by atoms with Gasteiger partial charge >= 0.3 is 0 Å². The Morgan fingerprint density at radius 3 is 2.82 bits per heavy atom. The van der Waals surface area contributed by atoms with Crippen LogP contribution >= 0.6 is 11.6 Å². The van der Waals surface area contributed by atoms with E-state index >= 15 is 0 Å². The molecule has 2 aromatic carbocycles. The largest absolute Gasteiger partial charge is 0.454 e. The monoisotopic (exact) mass is 321 g/mol. The molecule has 1 aliphatic rings. The third-order valence-corrected chi connectivity index (χ3v) is 3.61. The van der Waals surface area contributed by atoms with E-state index in [1.807, 2.05) is 0 Å². The normalized spacial score (nSPS) is 12.3. The number of rotatable bonds is 4. The van der Waals surface area contributed by atoms with Crippen LogP contribution in [0, 0.1) is 5.82 Å². The quantitative estimate of drug-likeness (QED) is 0.941. The summed E-state index contributed by atoms with van der Waals surface area (Å²) in [5.74, 6) is 0.553. The van der Waals surface area contributed by atoms with Gasteiger partial charge in [0.25, 0.3) is 5.91 Å². The lowest BCUT2D eigenvalue weighted by Crippen LogP contribution is -2.25. The summed E-state index contributed by atoms with van der Waals surface area (Å²) in [5.41, 5.74) is 1.36. The Labute approximate surface area is 131 Å². The Morgan fingerprint density at radius 2 is 2.00 bits per heavy atom. The average Bonchev–Trinajstić information content (AvgIpc) is 2.98. The van der Waals surface area contributed by atoms with Crippen LogP contribution < -0.4 is 14.8 Å². The minimum absolute atomic E-state index is 0.0830. The van der Waals surface area contributed by atoms with Gasteiger partial charge in [-0.25, -0.2) is 4.39 Å². The Kier molecular flexibility index (Phi) is 4.15. The highest BCUT2D eigenvalue weighted by molar-refractivity contribution is 6.30. The molecule has 1 heterocycles. The Balaban J connectivity index is 1.57. The molecule has 0 aliphatic carbocycles. The van der Waals surface area contributed by atoms with Crippen molar-refractivity contribution in [1.82, 2.24) is 5.32 Å². The molecule has 0 radical (unpaired) electrons. The number of hydrogen-bond acceptors (Lipinski definition) is 3. The molecule has 0 fully saturated rings. The molecule has 1 amide bonds. The first kappa shape index (κ1) is 14.7. The molecule has 0 spiro atoms. The van der Waals surface area contributed by atoms with Gasteiger partial charge in [-0.2, -0.15) is 0 Å². The lowest BCUT2D eigenvalue weighted by atomic mass is 10.1. The molecular formula is C16H13ClFNO3. The van der Waals surface area contributed by atoms with E-state index in [0.717, 1.165) is 5.56 Å². The maximum atomic E-state index is 13.1. The standard InChI is InChI=1S/C16H13ClFNO3/c17-12-7-10(1-3-13(12)18)5-6-19-16(20)11-2-4-14-15(8-11)22-9-21-14/h1-4,7-8H,5-6,9H2,(H,19,20). The van der Waals surface area contributed by atoms with Crippen molar-refractivity contribution in [2.24, 2.45) is 0 Å². The highest BCUT2D eigenvalue weighted by atomic mass is 35.5. The first-order valence-electron chi connectivity index (χ1n) is 6.75. The van der Waals surface area contributed by atoms with E-state index in [2.05, 4.69) is 5.32 Å². The van der Waals surface area contributed by atoms with Crippen LogP contribution in [0.3, 0.4) is 0 Å². The second-order valence-corrected chi connectivity index (χ2v) is 5.23. The molecule has 6 heteroatoms. The van der Waals surface area contributed by atoms with Gasteiger partial charge in [-0.15, -0.1) is 0 Å². The maximum Gasteiger partial charge on any atom is 0.251 e. The second-order valence-electron chi connectivity index (χ2n) is 4.82. The fourth-order valence-corrected chi connectivity index (χ4v) is 2.36. The minimum atomic E-state index is -0.449. The van der Waals surface area contributed by atoms with E-state index in [-0.39, 0.29) is 17.7 Å². The van der Waals surface area contributed by atoms with E-state index in [4.69, 9.17) is 21.1 Å². The molecule has 0 unspecified atom stereocenters. The summed E-state index contributed by atoms with van der Waals surface area (Å²) in [7, 11) is 0. The van der Waals surface area contributed by atoms with Gasteiger partial charge in [0, 0.05) is 12.1 Å². The van der Waals surface area contributed by atoms with Crippen LogP contribution in [-0.4, -0.2) is 19.2 Å². The molecule has 1 aliphatic heterocycles. The lowest BCUT2D eigenvalue weighted by molar-refractivity contribution is 0.0953. The fourth-order valence-electron chi connectivity index (χ4n) is 2.16. The molecule has 2 aromatic rings. The zero-order valence-electron chi connectivity index (χ0n) is 11.6. The number of hydrogen-bond donors (Lipinski definition) is 1. The predicted molar refractivity (Wildman–Crippen MR) is 80.0 cm³/mol. The van der Waals surface area contributed by atoms with Gasteiger partial charge in [-0.3, -0.25) is 4.79 Å². The van der Waals surface area contributed by atoms with Crippen LogP contribution in [0.25, 0.3) is 0 Å². The van der Waals surface area contributed by atoms with E-state index in [1.165, 1.54) is 6.07 Å². The SMILES string of the molecule is O=C(NCCc1ccc(F)c(Cl)c1)c1ccc2c(c1)OCO2. The molecule has 0 atom stereocenters. The lowest BCUT2D eigenvalue weighted by Gasteiger charge is -2.07. The Hall–Kier alpha value is -2.27. The molecule has 114 valence electrons. The maximum absolute atomic E-state index is 13.1. The van der Waals surface area contributed by atoms with Crippen LogP contribution in [-0.2, 0) is 6.42 Å². The van der Waals surface area contributed by atoms with Crippen LogP contribution in [0.1, 0.15) is 15.9 Å². The molecule has 0 bridgehead atoms. The third kappa shape index (κ3) is 3.14. The number of ether oxygens (including phenoxy) is 2. The zero-order chi connectivity index (χ0) is 15.5. The smallest absolute Gasteiger partial charge is 0.251 e. The summed E-state index contributed by atoms with van der Waals surface area (Å²) in [6.07, 6.45) is 0.566. The minimum Gasteiger partial charge on any atom is -0.454 e. The highest BCUT2D eigenvalue weighted by Gasteiger charge is 2.15. The number of nitrogens with one attached hydrogen (secondary N) is 1. The number of halogens is 2. The summed E-state index contributed by atoms with van der Waals surface area (Å²) in [6.45, 7) is 0.598. The van der Waals surface area contributed by atoms with Crippen molar-refractivity contribution >= 4 is 17.5 Å². The molecular weight excluding hydrogens is 309 g/mol. The van der Waals surface area contributed by atoms with Crippen molar-refractivity contribution in [3.8, 4) is 11.5 Å². The number of fused-ring (bicyclic) bond motifs is 1. The Bertz CT molecular complexity index is 721. The molecule has 0 saturated heterocycles. The predicted octanol–water partition coefficient (Wildman–Crippen LogP) is 3.18. The highest BCUT2D eigenvalue weighted by Crippen LogP contribution is 2.32. The molecule has 3 rings (SSSR count). The van der Waals surface area contributed by atoms with Crippen molar-refractivity contribution in [3.05, 3.63) is 58.4 Å². The summed E-state index contributed by atoms with van der Waals surface area (Å²) in [6, 6.07) is 9.55. The van der Waals surface area contributed by atoms with Crippen molar-refractivity contribution in [3.63, 3.8) is 0 Å². The molecule has 4 nitrogen and oxygen atoms in total. The van der Waals surface area contributed by atoms with Gasteiger partial charge in [0.1, 0.15) is 5.82 Å². The van der Waals surface area contributed by atoms with Crippen LogP contribution in [0.15, 0.2) is 36.4 Å². The van der Waals surface area contributed by atoms with Gasteiger partial charge in [0.15, 0.2) is 11.5 Å². The van der Waals surface area contributed by atoms with Gasteiger partial charge in [0.05, 0.1) is 5.02 Å². The molecule has 0 aromatic heterocycles. The number of benzene rings is 2. The first-order chi connectivity index (χ1) is 10.6. The molecule has 22 heavy (non-hydrogen) atoms. The van der Waals surface area contributed by atoms with Crippen molar-refractivity contribution in [2.45, 2.75) is 6.42 Å². The summed E-state index contributed by atoms with van der Waals surface area (Å²) in [4.78, 5) is 12.1. The summed E-state index contributed by atoms with van der Waals surface area (Å²) < 4.78 is 23.5. The van der Waals surface area contributed by atoms with Crippen LogP contribution in [0.5, 0.6) is 11.5 Å². The van der Waals surface area contributed by atoms with Gasteiger partial charge in [-0.05, 0) is 42.3 Å². The van der Waals surface area contributed by atoms with Gasteiger partial charge in [-0.1, -0.05) is 17.7 Å². The van der Waals surface area contributed by atoms with Crippen LogP contribution in [0.4, 0.5) is 4.39 Å². The van der Waals surface area contributed by atoms with E-state index in [1.54, 1.807) is 30.3 Å². The van der Waals surface area contributed by atoms with Gasteiger partial charge < -0.3 is 14.8 Å². The van der Waals surface area contributed by atoms with Crippen molar-refractivity contribution in [2.75, 3.05) is 13.3 Å². The molecule has 1 N–H and O–H groups in total. The Morgan fingerprint density at radius 1 is 1.18 bits per heavy atom. The van der Waals surface area contributed by atoms with Gasteiger partial charge in [0.2, 0.25) is 6.79 Å². The zero-order valence-corrected chi connectivity index (χ0v) is 12.3. The van der Waals surface area contributed by atoms with Crippen molar-refractivity contribution in [1.29, 1.82) is 0 Å². The molecule has 0 saturated carbocycles. The van der Waals surface area contributed by atoms with Crippen LogP contribution in [0.2, 0.25) is 5.02 Å². The summed E-state index contributed by atoms with van der Waals surface area (Å²) >= 11 is 5.72. The van der Waals surface area contributed by atoms with E-state index in [0.29, 0.717) is 30.0 Å². The van der Waals surface area contributed by atoms with E-state index in [9.17, 15) is 9.18 Å². The third-order valence-electron chi connectivity index (χ3n) is 3.32. The fraction of sp³-hybridized carbons (Fsp3) is 0.188. The number of carbonyl (C=O) groups excluding carboxylic acids is 1.